The number of likely N-dealkylation sites (tertiary alicyclic amines) is 1. The molecule has 1 radical (unpaired) electrons. The molecule has 0 bridgehead atoms. The molecule has 125 valence electrons. The van der Waals surface area contributed by atoms with Crippen LogP contribution in [-0.4, -0.2) is 70.3 Å². The Morgan fingerprint density at radius 2 is 2.04 bits per heavy atom. The number of thiazole rings is 1. The van der Waals surface area contributed by atoms with Gasteiger partial charge in [0.05, 0.1) is 17.2 Å². The molecule has 0 aromatic carbocycles. The molecule has 2 aliphatic heterocycles. The minimum Gasteiger partial charge on any atom is -0.465 e. The van der Waals surface area contributed by atoms with Crippen molar-refractivity contribution in [1.29, 1.82) is 0 Å². The van der Waals surface area contributed by atoms with Gasteiger partial charge >= 0.3 is 6.09 Å². The fraction of sp³-hybridized carbons (Fsp3) is 0.600. The highest BCUT2D eigenvalue weighted by Crippen LogP contribution is 2.31. The molecule has 1 aromatic rings. The van der Waals surface area contributed by atoms with Gasteiger partial charge in [-0.25, -0.2) is 9.78 Å². The van der Waals surface area contributed by atoms with E-state index >= 15 is 0 Å². The normalized spacial score (nSPS) is 21.3. The van der Waals surface area contributed by atoms with Crippen molar-refractivity contribution in [3.63, 3.8) is 0 Å². The van der Waals surface area contributed by atoms with Crippen LogP contribution in [0.4, 0.5) is 4.79 Å². The molecule has 1 aromatic heterocycles. The Balaban J connectivity index is 1.61. The van der Waals surface area contributed by atoms with E-state index in [1.165, 1.54) is 16.2 Å². The number of aryl methyl sites for hydroxylation is 1. The van der Waals surface area contributed by atoms with Crippen molar-refractivity contribution in [2.45, 2.75) is 25.4 Å². The maximum Gasteiger partial charge on any atom is 0.407 e. The molecule has 2 saturated heterocycles. The Labute approximate surface area is 138 Å². The van der Waals surface area contributed by atoms with Crippen molar-refractivity contribution in [2.24, 2.45) is 0 Å². The van der Waals surface area contributed by atoms with Crippen molar-refractivity contribution < 1.29 is 19.4 Å². The first-order chi connectivity index (χ1) is 11.0. The molecule has 0 unspecified atom stereocenters. The van der Waals surface area contributed by atoms with Crippen LogP contribution in [0, 0.1) is 13.3 Å². The van der Waals surface area contributed by atoms with Crippen molar-refractivity contribution in [2.75, 3.05) is 32.8 Å². The van der Waals surface area contributed by atoms with Gasteiger partial charge in [-0.1, -0.05) is 0 Å². The van der Waals surface area contributed by atoms with Crippen molar-refractivity contribution >= 4 is 23.3 Å². The summed E-state index contributed by atoms with van der Waals surface area (Å²) in [5, 5.41) is 11.7. The SMILES string of the molecule is Cc1nc(C(=O)N2C[CH]C3(CCN(C(=O)O)CC3)OCC2)cs1. The maximum atomic E-state index is 12.5. The third-order valence-electron chi connectivity index (χ3n) is 4.44. The Bertz CT molecular complexity index is 595. The molecule has 3 heterocycles. The Morgan fingerprint density at radius 3 is 2.65 bits per heavy atom. The van der Waals surface area contributed by atoms with Crippen LogP contribution in [0.1, 0.15) is 28.3 Å². The quantitative estimate of drug-likeness (QED) is 0.842. The highest BCUT2D eigenvalue weighted by molar-refractivity contribution is 7.09. The first-order valence-electron chi connectivity index (χ1n) is 7.67. The average molecular weight is 338 g/mol. The zero-order chi connectivity index (χ0) is 16.4. The van der Waals surface area contributed by atoms with Crippen LogP contribution in [0.15, 0.2) is 5.38 Å². The van der Waals surface area contributed by atoms with Gasteiger partial charge in [-0.05, 0) is 19.8 Å². The highest BCUT2D eigenvalue weighted by atomic mass is 32.1. The molecule has 23 heavy (non-hydrogen) atoms. The lowest BCUT2D eigenvalue weighted by Gasteiger charge is -2.39. The van der Waals surface area contributed by atoms with Crippen molar-refractivity contribution in [3.8, 4) is 0 Å². The lowest BCUT2D eigenvalue weighted by molar-refractivity contribution is -0.0502. The second-order valence-electron chi connectivity index (χ2n) is 5.89. The Hall–Kier alpha value is -1.67. The van der Waals surface area contributed by atoms with E-state index in [1.54, 1.807) is 10.3 Å². The van der Waals surface area contributed by atoms with E-state index in [2.05, 4.69) is 4.98 Å². The van der Waals surface area contributed by atoms with Crippen LogP contribution in [-0.2, 0) is 4.74 Å². The minimum atomic E-state index is -0.885. The van der Waals surface area contributed by atoms with Crippen molar-refractivity contribution in [1.82, 2.24) is 14.8 Å². The summed E-state index contributed by atoms with van der Waals surface area (Å²) < 4.78 is 5.99. The Morgan fingerprint density at radius 1 is 1.30 bits per heavy atom. The average Bonchev–Trinajstić information content (AvgIpc) is 2.86. The standard InChI is InChI=1S/C15H20N3O4S/c1-11-16-12(10-23-11)13(19)17-5-2-15(22-9-8-17)3-6-18(7-4-15)14(20)21/h2,10H,3-9H2,1H3,(H,20,21). The van der Waals surface area contributed by atoms with Gasteiger partial charge in [0, 0.05) is 38.0 Å². The van der Waals surface area contributed by atoms with Gasteiger partial charge in [-0.15, -0.1) is 11.3 Å². The fourth-order valence-corrected chi connectivity index (χ4v) is 3.61. The van der Waals surface area contributed by atoms with Gasteiger partial charge in [-0.3, -0.25) is 4.79 Å². The summed E-state index contributed by atoms with van der Waals surface area (Å²) in [6.45, 7) is 4.29. The maximum absolute atomic E-state index is 12.5. The first-order valence-corrected chi connectivity index (χ1v) is 8.55. The molecule has 1 spiro atoms. The number of nitrogens with zero attached hydrogens (tertiary/aromatic N) is 3. The summed E-state index contributed by atoms with van der Waals surface area (Å²) >= 11 is 1.47. The van der Waals surface area contributed by atoms with Gasteiger partial charge in [0.1, 0.15) is 5.69 Å². The molecular formula is C15H20N3O4S. The van der Waals surface area contributed by atoms with Crippen LogP contribution < -0.4 is 0 Å². The van der Waals surface area contributed by atoms with E-state index in [-0.39, 0.29) is 5.91 Å². The number of hydrogen-bond donors (Lipinski definition) is 1. The number of aromatic nitrogens is 1. The van der Waals surface area contributed by atoms with Crippen molar-refractivity contribution in [3.05, 3.63) is 22.5 Å². The number of carbonyl (C=O) groups excluding carboxylic acids is 1. The van der Waals surface area contributed by atoms with Crippen LogP contribution in [0.5, 0.6) is 0 Å². The number of ether oxygens (including phenoxy) is 1. The lowest BCUT2D eigenvalue weighted by Crippen LogP contribution is -2.48. The molecule has 7 nitrogen and oxygen atoms in total. The molecule has 0 saturated carbocycles. The number of hydrogen-bond acceptors (Lipinski definition) is 5. The van der Waals surface area contributed by atoms with Crippen LogP contribution in [0.3, 0.4) is 0 Å². The summed E-state index contributed by atoms with van der Waals surface area (Å²) in [6.07, 6.45) is 2.41. The smallest absolute Gasteiger partial charge is 0.407 e. The molecule has 2 fully saturated rings. The van der Waals surface area contributed by atoms with E-state index in [9.17, 15) is 9.59 Å². The summed E-state index contributed by atoms with van der Waals surface area (Å²) in [5.74, 6) is -0.0748. The highest BCUT2D eigenvalue weighted by Gasteiger charge is 2.39. The summed E-state index contributed by atoms with van der Waals surface area (Å²) in [4.78, 5) is 30.9. The van der Waals surface area contributed by atoms with E-state index < -0.39 is 11.7 Å². The molecule has 2 aliphatic rings. The van der Waals surface area contributed by atoms with E-state index in [1.807, 2.05) is 13.3 Å². The number of carboxylic acid groups (broad SMARTS) is 1. The number of amides is 2. The lowest BCUT2D eigenvalue weighted by atomic mass is 9.88. The van der Waals surface area contributed by atoms with Gasteiger partial charge in [0.15, 0.2) is 0 Å². The molecule has 1 N–H and O–H groups in total. The number of piperidine rings is 1. The zero-order valence-corrected chi connectivity index (χ0v) is 13.8. The monoisotopic (exact) mass is 338 g/mol. The van der Waals surface area contributed by atoms with E-state index in [0.29, 0.717) is 51.3 Å². The fourth-order valence-electron chi connectivity index (χ4n) is 3.02. The third-order valence-corrected chi connectivity index (χ3v) is 5.21. The summed E-state index contributed by atoms with van der Waals surface area (Å²) in [7, 11) is 0. The van der Waals surface area contributed by atoms with Crippen LogP contribution >= 0.6 is 11.3 Å². The van der Waals surface area contributed by atoms with E-state index in [0.717, 1.165) is 5.01 Å². The summed E-state index contributed by atoms with van der Waals surface area (Å²) in [5.41, 5.74) is 0.0662. The second kappa shape index (κ2) is 6.45. The van der Waals surface area contributed by atoms with Gasteiger partial charge < -0.3 is 19.6 Å². The molecule has 8 heteroatoms. The predicted octanol–water partition coefficient (Wildman–Crippen LogP) is 1.64. The molecule has 3 rings (SSSR count). The largest absolute Gasteiger partial charge is 0.465 e. The third kappa shape index (κ3) is 3.48. The van der Waals surface area contributed by atoms with Crippen LogP contribution in [0.2, 0.25) is 0 Å². The molecule has 0 aliphatic carbocycles. The van der Waals surface area contributed by atoms with Gasteiger partial charge in [0.25, 0.3) is 5.91 Å². The first kappa shape index (κ1) is 16.2. The van der Waals surface area contributed by atoms with Gasteiger partial charge in [-0.2, -0.15) is 0 Å². The molecule has 0 atom stereocenters. The predicted molar refractivity (Wildman–Crippen MR) is 84.6 cm³/mol. The summed E-state index contributed by atoms with van der Waals surface area (Å²) in [6, 6.07) is 0. The van der Waals surface area contributed by atoms with E-state index in [4.69, 9.17) is 9.84 Å². The molecule has 2 amide bonds. The topological polar surface area (TPSA) is 83.0 Å². The Kier molecular flexibility index (Phi) is 4.54. The molecular weight excluding hydrogens is 318 g/mol. The van der Waals surface area contributed by atoms with Crippen LogP contribution in [0.25, 0.3) is 0 Å². The second-order valence-corrected chi connectivity index (χ2v) is 6.95. The number of rotatable bonds is 1. The number of carbonyl (C=O) groups is 2. The minimum absolute atomic E-state index is 0.0748. The van der Waals surface area contributed by atoms with Gasteiger partial charge in [0.2, 0.25) is 0 Å². The zero-order valence-electron chi connectivity index (χ0n) is 13.0.